The smallest absolute Gasteiger partial charge is 0.307 e. The van der Waals surface area contributed by atoms with Crippen LogP contribution in [-0.4, -0.2) is 18.2 Å². The third kappa shape index (κ3) is 3.43. The molecule has 2 aliphatic rings. The van der Waals surface area contributed by atoms with Crippen molar-refractivity contribution in [1.82, 2.24) is 0 Å². The predicted octanol–water partition coefficient (Wildman–Crippen LogP) is 6.18. The van der Waals surface area contributed by atoms with Crippen LogP contribution in [0.15, 0.2) is 48.5 Å². The van der Waals surface area contributed by atoms with E-state index in [2.05, 4.69) is 25.1 Å². The number of methoxy groups -OCH3 is 1. The van der Waals surface area contributed by atoms with E-state index >= 15 is 0 Å². The van der Waals surface area contributed by atoms with E-state index in [1.54, 1.807) is 7.11 Å². The Balaban J connectivity index is 1.36. The molecule has 4 nitrogen and oxygen atoms in total. The summed E-state index contributed by atoms with van der Waals surface area (Å²) in [5.74, 6) is 1.14. The fourth-order valence-electron chi connectivity index (χ4n) is 5.26. The summed E-state index contributed by atoms with van der Waals surface area (Å²) in [5, 5.41) is 9.97. The number of hydrogen-bond donors (Lipinski definition) is 1. The van der Waals surface area contributed by atoms with Crippen molar-refractivity contribution >= 4 is 17.6 Å². The molecule has 0 amide bonds. The number of carboxylic acid groups (broad SMARTS) is 1. The fraction of sp³-hybridized carbons (Fsp3) is 0.296. The number of halogens is 1. The maximum Gasteiger partial charge on any atom is 0.307 e. The summed E-state index contributed by atoms with van der Waals surface area (Å²) in [4.78, 5) is 11.3. The van der Waals surface area contributed by atoms with Crippen molar-refractivity contribution in [3.63, 3.8) is 0 Å². The molecule has 0 saturated heterocycles. The van der Waals surface area contributed by atoms with Gasteiger partial charge >= 0.3 is 5.97 Å². The van der Waals surface area contributed by atoms with Crippen LogP contribution >= 0.6 is 11.6 Å². The molecule has 0 spiro atoms. The highest BCUT2D eigenvalue weighted by molar-refractivity contribution is 6.33. The molecule has 2 aliphatic carbocycles. The van der Waals surface area contributed by atoms with Gasteiger partial charge in [0.05, 0.1) is 18.1 Å². The van der Waals surface area contributed by atoms with Crippen LogP contribution in [0.4, 0.5) is 0 Å². The molecule has 3 aromatic carbocycles. The Bertz CT molecular complexity index is 1210. The maximum absolute atomic E-state index is 11.3. The number of ether oxygens (including phenoxy) is 2. The second-order valence-electron chi connectivity index (χ2n) is 8.80. The molecule has 3 unspecified atom stereocenters. The lowest BCUT2D eigenvalue weighted by molar-refractivity contribution is -0.139. The second-order valence-corrected chi connectivity index (χ2v) is 9.21. The molecule has 1 fully saturated rings. The maximum atomic E-state index is 11.3. The molecule has 3 aromatic rings. The van der Waals surface area contributed by atoms with Gasteiger partial charge in [-0.2, -0.15) is 0 Å². The zero-order valence-corrected chi connectivity index (χ0v) is 19.1. The van der Waals surface area contributed by atoms with Gasteiger partial charge in [-0.1, -0.05) is 35.9 Å². The van der Waals surface area contributed by atoms with E-state index in [-0.39, 0.29) is 17.8 Å². The van der Waals surface area contributed by atoms with Gasteiger partial charge < -0.3 is 14.6 Å². The average Bonchev–Trinajstić information content (AvgIpc) is 3.36. The standard InChI is InChI=1S/C27H25ClO4/c1-14-9-19(31-3)12-23(28)24(14)20-6-4-5-16(15(20)2)13-32-18-7-8-21-17(10-18)11-22-25(21)26(22)27(29)30/h4-10,12,22,25-26H,11,13H2,1-3H3,(H,29,30). The molecule has 5 rings (SSSR count). The van der Waals surface area contributed by atoms with Crippen LogP contribution in [0.3, 0.4) is 0 Å². The largest absolute Gasteiger partial charge is 0.497 e. The van der Waals surface area contributed by atoms with Crippen LogP contribution in [0.2, 0.25) is 5.02 Å². The number of hydrogen-bond acceptors (Lipinski definition) is 3. The molecular formula is C27H25ClO4. The summed E-state index contributed by atoms with van der Waals surface area (Å²) in [6.07, 6.45) is 0.831. The van der Waals surface area contributed by atoms with E-state index in [1.807, 2.05) is 37.3 Å². The number of fused-ring (bicyclic) bond motifs is 3. The highest BCUT2D eigenvalue weighted by Crippen LogP contribution is 2.61. The molecule has 3 atom stereocenters. The van der Waals surface area contributed by atoms with Crippen LogP contribution in [0.5, 0.6) is 11.5 Å². The monoisotopic (exact) mass is 448 g/mol. The Kier molecular flexibility index (Phi) is 5.13. The van der Waals surface area contributed by atoms with Crippen LogP contribution in [0.1, 0.15) is 33.7 Å². The van der Waals surface area contributed by atoms with Gasteiger partial charge in [0.1, 0.15) is 18.1 Å². The van der Waals surface area contributed by atoms with Crippen LogP contribution in [-0.2, 0) is 17.8 Å². The van der Waals surface area contributed by atoms with Gasteiger partial charge in [-0.15, -0.1) is 0 Å². The number of benzene rings is 3. The first-order valence-corrected chi connectivity index (χ1v) is 11.2. The summed E-state index contributed by atoms with van der Waals surface area (Å²) >= 11 is 6.60. The lowest BCUT2D eigenvalue weighted by Gasteiger charge is -2.17. The molecule has 0 aliphatic heterocycles. The highest BCUT2D eigenvalue weighted by Gasteiger charge is 2.59. The quantitative estimate of drug-likeness (QED) is 0.489. The number of carboxylic acids is 1. The lowest BCUT2D eigenvalue weighted by atomic mass is 9.93. The molecular weight excluding hydrogens is 424 g/mol. The molecule has 5 heteroatoms. The first kappa shape index (κ1) is 20.9. The van der Waals surface area contributed by atoms with Crippen molar-refractivity contribution in [1.29, 1.82) is 0 Å². The van der Waals surface area contributed by atoms with E-state index < -0.39 is 5.97 Å². The number of aryl methyl sites for hydroxylation is 1. The molecule has 0 aromatic heterocycles. The van der Waals surface area contributed by atoms with Crippen molar-refractivity contribution in [3.05, 3.63) is 81.4 Å². The van der Waals surface area contributed by atoms with Crippen molar-refractivity contribution in [2.45, 2.75) is 32.8 Å². The Morgan fingerprint density at radius 1 is 1.12 bits per heavy atom. The highest BCUT2D eigenvalue weighted by atomic mass is 35.5. The van der Waals surface area contributed by atoms with Gasteiger partial charge in [-0.25, -0.2) is 0 Å². The molecule has 0 bridgehead atoms. The van der Waals surface area contributed by atoms with Gasteiger partial charge in [-0.05, 0) is 83.8 Å². The molecule has 164 valence electrons. The zero-order chi connectivity index (χ0) is 22.6. The normalized spacial score (nSPS) is 20.4. The second kappa shape index (κ2) is 7.86. The summed E-state index contributed by atoms with van der Waals surface area (Å²) in [7, 11) is 1.64. The Morgan fingerprint density at radius 2 is 1.94 bits per heavy atom. The molecule has 32 heavy (non-hydrogen) atoms. The number of rotatable bonds is 6. The predicted molar refractivity (Wildman–Crippen MR) is 125 cm³/mol. The SMILES string of the molecule is COc1cc(C)c(-c2cccc(COc3ccc4c(c3)CC3C(C(=O)O)C43)c2C)c(Cl)c1. The third-order valence-corrected chi connectivity index (χ3v) is 7.29. The van der Waals surface area contributed by atoms with Crippen molar-refractivity contribution < 1.29 is 19.4 Å². The number of carbonyl (C=O) groups is 1. The Labute approximate surface area is 192 Å². The van der Waals surface area contributed by atoms with Gasteiger partial charge in [0.2, 0.25) is 0 Å². The van der Waals surface area contributed by atoms with E-state index in [9.17, 15) is 9.90 Å². The average molecular weight is 449 g/mol. The fourth-order valence-corrected chi connectivity index (χ4v) is 5.62. The topological polar surface area (TPSA) is 55.8 Å². The van der Waals surface area contributed by atoms with Crippen molar-refractivity contribution in [2.75, 3.05) is 7.11 Å². The minimum absolute atomic E-state index is 0.188. The molecule has 1 saturated carbocycles. The summed E-state index contributed by atoms with van der Waals surface area (Å²) in [6.45, 7) is 4.59. The first-order chi connectivity index (χ1) is 15.4. The summed E-state index contributed by atoms with van der Waals surface area (Å²) in [5.41, 5.74) is 7.80. The summed E-state index contributed by atoms with van der Waals surface area (Å²) in [6, 6.07) is 16.1. The van der Waals surface area contributed by atoms with Crippen LogP contribution in [0.25, 0.3) is 11.1 Å². The lowest BCUT2D eigenvalue weighted by Crippen LogP contribution is -2.05. The number of aliphatic carboxylic acids is 1. The van der Waals surface area contributed by atoms with Gasteiger partial charge in [0.15, 0.2) is 0 Å². The Hall–Kier alpha value is -2.98. The first-order valence-electron chi connectivity index (χ1n) is 10.8. The molecule has 1 N–H and O–H groups in total. The van der Waals surface area contributed by atoms with Crippen molar-refractivity contribution in [3.8, 4) is 22.6 Å². The van der Waals surface area contributed by atoms with Crippen LogP contribution in [0, 0.1) is 25.7 Å². The van der Waals surface area contributed by atoms with E-state index in [0.717, 1.165) is 45.7 Å². The summed E-state index contributed by atoms with van der Waals surface area (Å²) < 4.78 is 11.5. The Morgan fingerprint density at radius 3 is 2.66 bits per heavy atom. The molecule has 0 heterocycles. The van der Waals surface area contributed by atoms with Gasteiger partial charge in [0.25, 0.3) is 0 Å². The van der Waals surface area contributed by atoms with E-state index in [0.29, 0.717) is 11.6 Å². The van der Waals surface area contributed by atoms with E-state index in [4.69, 9.17) is 21.1 Å². The van der Waals surface area contributed by atoms with Crippen molar-refractivity contribution in [2.24, 2.45) is 11.8 Å². The van der Waals surface area contributed by atoms with Crippen LogP contribution < -0.4 is 9.47 Å². The van der Waals surface area contributed by atoms with E-state index in [1.165, 1.54) is 11.1 Å². The minimum Gasteiger partial charge on any atom is -0.497 e. The molecule has 0 radical (unpaired) electrons. The van der Waals surface area contributed by atoms with Gasteiger partial charge in [0, 0.05) is 11.5 Å². The van der Waals surface area contributed by atoms with Gasteiger partial charge in [-0.3, -0.25) is 4.79 Å². The minimum atomic E-state index is -0.673. The zero-order valence-electron chi connectivity index (χ0n) is 18.3. The third-order valence-electron chi connectivity index (χ3n) is 6.99.